The largest absolute Gasteiger partial charge is 0.480 e. The lowest BCUT2D eigenvalue weighted by Crippen LogP contribution is -2.50. The van der Waals surface area contributed by atoms with Crippen molar-refractivity contribution >= 4 is 21.9 Å². The van der Waals surface area contributed by atoms with Crippen LogP contribution in [0.3, 0.4) is 0 Å². The Morgan fingerprint density at radius 1 is 1.17 bits per heavy atom. The zero-order valence-electron chi connectivity index (χ0n) is 14.9. The molecule has 1 rings (SSSR count). The number of carbonyl (C=O) groups excluding carboxylic acids is 1. The number of amides is 1. The van der Waals surface area contributed by atoms with E-state index in [0.717, 1.165) is 12.8 Å². The Morgan fingerprint density at radius 2 is 1.71 bits per heavy atom. The monoisotopic (exact) mass is 362 g/mol. The first-order chi connectivity index (χ1) is 11.2. The molecule has 1 amide bonds. The predicted octanol–water partition coefficient (Wildman–Crippen LogP) is 1.54. The Balaban J connectivity index is 2.76. The van der Waals surface area contributed by atoms with Gasteiger partial charge in [0.1, 0.15) is 6.54 Å². The van der Waals surface area contributed by atoms with E-state index >= 15 is 0 Å². The molecule has 1 N–H and O–H groups in total. The minimum Gasteiger partial charge on any atom is -0.480 e. The number of carboxylic acids is 1. The number of sulfonamides is 1. The molecule has 0 unspecified atom stereocenters. The standard InChI is InChI=1S/C16H30N2O5S/c1-4-13(5-2)11-15(19)18(12-16(20)21)14-7-9-17(10-8-14)24(22,23)6-3/h13-14H,4-12H2,1-3H3,(H,20,21). The van der Waals surface area contributed by atoms with Gasteiger partial charge >= 0.3 is 5.97 Å². The molecule has 24 heavy (non-hydrogen) atoms. The van der Waals surface area contributed by atoms with Crippen LogP contribution in [-0.4, -0.2) is 66.0 Å². The van der Waals surface area contributed by atoms with Gasteiger partial charge in [0, 0.05) is 25.6 Å². The number of rotatable bonds is 9. The second-order valence-electron chi connectivity index (χ2n) is 6.33. The van der Waals surface area contributed by atoms with E-state index in [1.54, 1.807) is 6.92 Å². The van der Waals surface area contributed by atoms with Crippen LogP contribution in [0.2, 0.25) is 0 Å². The zero-order chi connectivity index (χ0) is 18.3. The maximum absolute atomic E-state index is 12.6. The fourth-order valence-electron chi connectivity index (χ4n) is 3.12. The van der Waals surface area contributed by atoms with E-state index in [4.69, 9.17) is 5.11 Å². The second-order valence-corrected chi connectivity index (χ2v) is 8.59. The Morgan fingerprint density at radius 3 is 2.12 bits per heavy atom. The van der Waals surface area contributed by atoms with Crippen molar-refractivity contribution in [2.24, 2.45) is 5.92 Å². The molecule has 1 aliphatic rings. The average Bonchev–Trinajstić information content (AvgIpc) is 2.57. The van der Waals surface area contributed by atoms with Crippen LogP contribution >= 0.6 is 0 Å². The molecule has 0 spiro atoms. The lowest BCUT2D eigenvalue weighted by molar-refractivity contribution is -0.147. The highest BCUT2D eigenvalue weighted by atomic mass is 32.2. The number of carboxylic acid groups (broad SMARTS) is 1. The van der Waals surface area contributed by atoms with Crippen LogP contribution < -0.4 is 0 Å². The molecule has 0 aliphatic carbocycles. The summed E-state index contributed by atoms with van der Waals surface area (Å²) in [5.74, 6) is -0.849. The van der Waals surface area contributed by atoms with Crippen LogP contribution in [0.5, 0.6) is 0 Å². The van der Waals surface area contributed by atoms with Crippen LogP contribution in [0, 0.1) is 5.92 Å². The zero-order valence-corrected chi connectivity index (χ0v) is 15.7. The van der Waals surface area contributed by atoms with Crippen molar-refractivity contribution in [3.05, 3.63) is 0 Å². The summed E-state index contributed by atoms with van der Waals surface area (Å²) in [5.41, 5.74) is 0. The summed E-state index contributed by atoms with van der Waals surface area (Å²) in [6.07, 6.45) is 3.10. The Labute approximate surface area is 145 Å². The molecule has 0 atom stereocenters. The first-order valence-electron chi connectivity index (χ1n) is 8.74. The first-order valence-corrected chi connectivity index (χ1v) is 10.3. The van der Waals surface area contributed by atoms with Gasteiger partial charge in [-0.05, 0) is 25.7 Å². The average molecular weight is 362 g/mol. The third kappa shape index (κ3) is 5.73. The number of hydrogen-bond donors (Lipinski definition) is 1. The van der Waals surface area contributed by atoms with Gasteiger partial charge in [0.2, 0.25) is 15.9 Å². The molecule has 7 nitrogen and oxygen atoms in total. The molecule has 1 fully saturated rings. The fraction of sp³-hybridized carbons (Fsp3) is 0.875. The number of carbonyl (C=O) groups is 2. The Bertz CT molecular complexity index is 523. The lowest BCUT2D eigenvalue weighted by atomic mass is 9.97. The highest BCUT2D eigenvalue weighted by molar-refractivity contribution is 7.89. The minimum atomic E-state index is -3.23. The molecular formula is C16H30N2O5S. The molecule has 0 radical (unpaired) electrons. The second kappa shape index (κ2) is 9.36. The van der Waals surface area contributed by atoms with Gasteiger partial charge in [-0.1, -0.05) is 26.7 Å². The molecule has 140 valence electrons. The third-order valence-electron chi connectivity index (χ3n) is 4.87. The lowest BCUT2D eigenvalue weighted by Gasteiger charge is -2.37. The van der Waals surface area contributed by atoms with E-state index in [2.05, 4.69) is 0 Å². The van der Waals surface area contributed by atoms with Gasteiger partial charge in [-0.15, -0.1) is 0 Å². The molecular weight excluding hydrogens is 332 g/mol. The van der Waals surface area contributed by atoms with Crippen molar-refractivity contribution in [1.82, 2.24) is 9.21 Å². The van der Waals surface area contributed by atoms with Gasteiger partial charge in [0.05, 0.1) is 5.75 Å². The maximum Gasteiger partial charge on any atom is 0.323 e. The molecule has 0 bridgehead atoms. The Hall–Kier alpha value is -1.15. The third-order valence-corrected chi connectivity index (χ3v) is 6.75. The molecule has 1 saturated heterocycles. The van der Waals surface area contributed by atoms with Gasteiger partial charge in [-0.25, -0.2) is 12.7 Å². The molecule has 0 saturated carbocycles. The molecule has 0 aromatic rings. The van der Waals surface area contributed by atoms with Crippen LogP contribution in [0.25, 0.3) is 0 Å². The quantitative estimate of drug-likeness (QED) is 0.671. The topological polar surface area (TPSA) is 95.0 Å². The highest BCUT2D eigenvalue weighted by Crippen LogP contribution is 2.22. The minimum absolute atomic E-state index is 0.0596. The van der Waals surface area contributed by atoms with Crippen LogP contribution in [0.15, 0.2) is 0 Å². The molecule has 8 heteroatoms. The molecule has 0 aromatic heterocycles. The van der Waals surface area contributed by atoms with Gasteiger partial charge in [0.15, 0.2) is 0 Å². The number of nitrogens with zero attached hydrogens (tertiary/aromatic N) is 2. The van der Waals surface area contributed by atoms with Gasteiger partial charge in [-0.3, -0.25) is 9.59 Å². The van der Waals surface area contributed by atoms with Crippen molar-refractivity contribution < 1.29 is 23.1 Å². The van der Waals surface area contributed by atoms with Gasteiger partial charge in [0.25, 0.3) is 0 Å². The smallest absolute Gasteiger partial charge is 0.323 e. The summed E-state index contributed by atoms with van der Waals surface area (Å²) in [5, 5.41) is 9.13. The molecule has 1 aliphatic heterocycles. The highest BCUT2D eigenvalue weighted by Gasteiger charge is 2.33. The summed E-state index contributed by atoms with van der Waals surface area (Å²) in [6, 6.07) is -0.203. The summed E-state index contributed by atoms with van der Waals surface area (Å²) >= 11 is 0. The van der Waals surface area contributed by atoms with Crippen molar-refractivity contribution in [2.75, 3.05) is 25.4 Å². The van der Waals surface area contributed by atoms with Crippen molar-refractivity contribution in [2.45, 2.75) is 58.9 Å². The predicted molar refractivity (Wildman–Crippen MR) is 92.1 cm³/mol. The molecule has 1 heterocycles. The van der Waals surface area contributed by atoms with E-state index in [9.17, 15) is 18.0 Å². The normalized spacial score (nSPS) is 17.2. The maximum atomic E-state index is 12.6. The van der Waals surface area contributed by atoms with Crippen molar-refractivity contribution in [3.8, 4) is 0 Å². The Kier molecular flexibility index (Phi) is 8.15. The summed E-state index contributed by atoms with van der Waals surface area (Å²) in [6.45, 7) is 6.03. The number of hydrogen-bond acceptors (Lipinski definition) is 4. The van der Waals surface area contributed by atoms with Gasteiger partial charge < -0.3 is 10.0 Å². The summed E-state index contributed by atoms with van der Waals surface area (Å²) in [7, 11) is -3.23. The van der Waals surface area contributed by atoms with Crippen molar-refractivity contribution in [3.63, 3.8) is 0 Å². The SMILES string of the molecule is CCC(CC)CC(=O)N(CC(=O)O)C1CCN(S(=O)(=O)CC)CC1. The number of piperidine rings is 1. The van der Waals surface area contributed by atoms with E-state index in [1.807, 2.05) is 13.8 Å². The van der Waals surface area contributed by atoms with Crippen LogP contribution in [0.4, 0.5) is 0 Å². The summed E-state index contributed by atoms with van der Waals surface area (Å²) in [4.78, 5) is 25.2. The van der Waals surface area contributed by atoms with Crippen LogP contribution in [-0.2, 0) is 19.6 Å². The van der Waals surface area contributed by atoms with Crippen LogP contribution in [0.1, 0.15) is 52.9 Å². The van der Waals surface area contributed by atoms with Crippen molar-refractivity contribution in [1.29, 1.82) is 0 Å². The number of aliphatic carboxylic acids is 1. The fourth-order valence-corrected chi connectivity index (χ4v) is 4.26. The van der Waals surface area contributed by atoms with E-state index in [1.165, 1.54) is 9.21 Å². The molecule has 0 aromatic carbocycles. The first kappa shape index (κ1) is 20.9. The van der Waals surface area contributed by atoms with E-state index in [-0.39, 0.29) is 30.2 Å². The van der Waals surface area contributed by atoms with Gasteiger partial charge in [-0.2, -0.15) is 0 Å². The van der Waals surface area contributed by atoms with E-state index < -0.39 is 16.0 Å². The van der Waals surface area contributed by atoms with E-state index in [0.29, 0.717) is 32.4 Å². The summed E-state index contributed by atoms with van der Waals surface area (Å²) < 4.78 is 25.3.